The summed E-state index contributed by atoms with van der Waals surface area (Å²) in [6, 6.07) is 15.6. The first-order valence-electron chi connectivity index (χ1n) is 8.09. The number of rotatable bonds is 6. The lowest BCUT2D eigenvalue weighted by Crippen LogP contribution is -2.37. The minimum Gasteiger partial charge on any atom is -0.508 e. The van der Waals surface area contributed by atoms with Gasteiger partial charge in [0.2, 0.25) is 0 Å². The van der Waals surface area contributed by atoms with Gasteiger partial charge in [0, 0.05) is 13.1 Å². The smallest absolute Gasteiger partial charge is 0.191 e. The first kappa shape index (κ1) is 20.3. The highest BCUT2D eigenvalue weighted by Crippen LogP contribution is 2.11. The molecular weight excluding hydrogens is 413 g/mol. The summed E-state index contributed by atoms with van der Waals surface area (Å²) in [5, 5.41) is 16.0. The van der Waals surface area contributed by atoms with Crippen molar-refractivity contribution in [3.8, 4) is 5.75 Å². The van der Waals surface area contributed by atoms with Crippen LogP contribution >= 0.6 is 24.0 Å². The standard InChI is InChI=1S/C19H25N3O.HI/c1-3-16-7-5-6-8-17(16)14-22-19(20-4-2)21-13-15-9-11-18(23)12-10-15;/h5-12,23H,3-4,13-14H2,1-2H3,(H2,20,21,22);1H. The molecule has 0 aliphatic rings. The number of aryl methyl sites for hydroxylation is 1. The van der Waals surface area contributed by atoms with Crippen LogP contribution in [-0.4, -0.2) is 17.6 Å². The zero-order valence-corrected chi connectivity index (χ0v) is 16.6. The number of guanidine groups is 1. The summed E-state index contributed by atoms with van der Waals surface area (Å²) in [6.07, 6.45) is 1.03. The maximum absolute atomic E-state index is 9.32. The van der Waals surface area contributed by atoms with Crippen LogP contribution in [0.2, 0.25) is 0 Å². The van der Waals surface area contributed by atoms with Crippen molar-refractivity contribution in [3.63, 3.8) is 0 Å². The van der Waals surface area contributed by atoms with Crippen molar-refractivity contribution in [2.24, 2.45) is 4.99 Å². The zero-order valence-electron chi connectivity index (χ0n) is 14.2. The third kappa shape index (κ3) is 6.39. The highest BCUT2D eigenvalue weighted by Gasteiger charge is 2.02. The number of halogens is 1. The molecule has 5 heteroatoms. The molecule has 0 atom stereocenters. The van der Waals surface area contributed by atoms with E-state index in [0.29, 0.717) is 6.54 Å². The number of aromatic hydroxyl groups is 1. The second-order valence-electron chi connectivity index (χ2n) is 5.34. The van der Waals surface area contributed by atoms with Crippen LogP contribution in [0.3, 0.4) is 0 Å². The fourth-order valence-corrected chi connectivity index (χ4v) is 2.37. The van der Waals surface area contributed by atoms with Gasteiger partial charge < -0.3 is 15.7 Å². The SMILES string of the molecule is CCNC(=NCc1ccc(O)cc1)NCc1ccccc1CC.I. The first-order valence-corrected chi connectivity index (χ1v) is 8.09. The Morgan fingerprint density at radius 1 is 0.958 bits per heavy atom. The van der Waals surface area contributed by atoms with Crippen LogP contribution < -0.4 is 10.6 Å². The summed E-state index contributed by atoms with van der Waals surface area (Å²) in [7, 11) is 0. The molecule has 0 amide bonds. The van der Waals surface area contributed by atoms with Crippen molar-refractivity contribution in [2.75, 3.05) is 6.54 Å². The summed E-state index contributed by atoms with van der Waals surface area (Å²) >= 11 is 0. The van der Waals surface area contributed by atoms with E-state index in [4.69, 9.17) is 0 Å². The normalized spacial score (nSPS) is 10.8. The predicted octanol–water partition coefficient (Wildman–Crippen LogP) is 3.83. The average Bonchev–Trinajstić information content (AvgIpc) is 2.59. The molecule has 2 rings (SSSR count). The van der Waals surface area contributed by atoms with E-state index in [1.807, 2.05) is 12.1 Å². The minimum atomic E-state index is 0. The molecule has 24 heavy (non-hydrogen) atoms. The number of hydrogen-bond donors (Lipinski definition) is 3. The van der Waals surface area contributed by atoms with E-state index < -0.39 is 0 Å². The molecule has 0 fully saturated rings. The van der Waals surface area contributed by atoms with E-state index >= 15 is 0 Å². The predicted molar refractivity (Wildman–Crippen MR) is 111 cm³/mol. The molecule has 4 nitrogen and oxygen atoms in total. The van der Waals surface area contributed by atoms with Gasteiger partial charge in [0.15, 0.2) is 5.96 Å². The summed E-state index contributed by atoms with van der Waals surface area (Å²) in [5.74, 6) is 1.07. The topological polar surface area (TPSA) is 56.7 Å². The zero-order chi connectivity index (χ0) is 16.5. The number of aliphatic imine (C=N–C) groups is 1. The van der Waals surface area contributed by atoms with Crippen LogP contribution in [0, 0.1) is 0 Å². The fraction of sp³-hybridized carbons (Fsp3) is 0.316. The molecule has 0 aromatic heterocycles. The van der Waals surface area contributed by atoms with Crippen molar-refractivity contribution in [1.29, 1.82) is 0 Å². The van der Waals surface area contributed by atoms with Crippen molar-refractivity contribution in [1.82, 2.24) is 10.6 Å². The lowest BCUT2D eigenvalue weighted by Gasteiger charge is -2.13. The number of phenols is 1. The van der Waals surface area contributed by atoms with Gasteiger partial charge in [0.1, 0.15) is 5.75 Å². The summed E-state index contributed by atoms with van der Waals surface area (Å²) in [4.78, 5) is 4.60. The number of phenolic OH excluding ortho intramolecular Hbond substituents is 1. The first-order chi connectivity index (χ1) is 11.2. The van der Waals surface area contributed by atoms with E-state index in [1.54, 1.807) is 12.1 Å². The Kier molecular flexibility index (Phi) is 9.22. The molecule has 130 valence electrons. The molecule has 2 aromatic rings. The lowest BCUT2D eigenvalue weighted by molar-refractivity contribution is 0.475. The summed E-state index contributed by atoms with van der Waals surface area (Å²) in [5.41, 5.74) is 3.72. The van der Waals surface area contributed by atoms with Crippen LogP contribution in [0.5, 0.6) is 5.75 Å². The molecule has 3 N–H and O–H groups in total. The molecule has 0 saturated heterocycles. The van der Waals surface area contributed by atoms with Gasteiger partial charge in [0.25, 0.3) is 0 Å². The molecule has 0 saturated carbocycles. The van der Waals surface area contributed by atoms with Crippen molar-refractivity contribution in [3.05, 3.63) is 65.2 Å². The highest BCUT2D eigenvalue weighted by molar-refractivity contribution is 14.0. The van der Waals surface area contributed by atoms with Gasteiger partial charge >= 0.3 is 0 Å². The molecule has 2 aromatic carbocycles. The Morgan fingerprint density at radius 3 is 2.25 bits per heavy atom. The average molecular weight is 439 g/mol. The fourth-order valence-electron chi connectivity index (χ4n) is 2.37. The van der Waals surface area contributed by atoms with Crippen LogP contribution in [0.4, 0.5) is 0 Å². The van der Waals surface area contributed by atoms with E-state index in [0.717, 1.165) is 31.0 Å². The van der Waals surface area contributed by atoms with E-state index in [1.165, 1.54) is 11.1 Å². The Balaban J connectivity index is 0.00000288. The van der Waals surface area contributed by atoms with Gasteiger partial charge in [-0.1, -0.05) is 43.3 Å². The molecule has 0 spiro atoms. The second kappa shape index (κ2) is 10.9. The van der Waals surface area contributed by atoms with Gasteiger partial charge in [0.05, 0.1) is 6.54 Å². The third-order valence-electron chi connectivity index (χ3n) is 3.65. The summed E-state index contributed by atoms with van der Waals surface area (Å²) < 4.78 is 0. The van der Waals surface area contributed by atoms with Gasteiger partial charge in [-0.2, -0.15) is 0 Å². The molecule has 0 heterocycles. The molecule has 0 unspecified atom stereocenters. The maximum atomic E-state index is 9.32. The van der Waals surface area contributed by atoms with Crippen LogP contribution in [0.25, 0.3) is 0 Å². The Morgan fingerprint density at radius 2 is 1.62 bits per heavy atom. The molecule has 0 bridgehead atoms. The van der Waals surface area contributed by atoms with Crippen molar-refractivity contribution in [2.45, 2.75) is 33.4 Å². The highest BCUT2D eigenvalue weighted by atomic mass is 127. The summed E-state index contributed by atoms with van der Waals surface area (Å²) in [6.45, 7) is 6.37. The van der Waals surface area contributed by atoms with E-state index in [-0.39, 0.29) is 29.7 Å². The number of hydrogen-bond acceptors (Lipinski definition) is 2. The van der Waals surface area contributed by atoms with E-state index in [9.17, 15) is 5.11 Å². The van der Waals surface area contributed by atoms with Crippen molar-refractivity contribution < 1.29 is 5.11 Å². The van der Waals surface area contributed by atoms with Crippen LogP contribution in [0.15, 0.2) is 53.5 Å². The molecule has 0 aliphatic carbocycles. The Bertz CT molecular complexity index is 641. The van der Waals surface area contributed by atoms with Crippen LogP contribution in [0.1, 0.15) is 30.5 Å². The molecule has 0 radical (unpaired) electrons. The number of nitrogens with one attached hydrogen (secondary N) is 2. The molecule has 0 aliphatic heterocycles. The third-order valence-corrected chi connectivity index (χ3v) is 3.65. The quantitative estimate of drug-likeness (QED) is 0.365. The van der Waals surface area contributed by atoms with E-state index in [2.05, 4.69) is 53.7 Å². The number of nitrogens with zero attached hydrogens (tertiary/aromatic N) is 1. The van der Waals surface area contributed by atoms with Crippen LogP contribution in [-0.2, 0) is 19.5 Å². The van der Waals surface area contributed by atoms with Crippen molar-refractivity contribution >= 4 is 29.9 Å². The monoisotopic (exact) mass is 439 g/mol. The maximum Gasteiger partial charge on any atom is 0.191 e. The second-order valence-corrected chi connectivity index (χ2v) is 5.34. The van der Waals surface area contributed by atoms with Gasteiger partial charge in [-0.3, -0.25) is 0 Å². The number of benzene rings is 2. The Labute approximate surface area is 161 Å². The van der Waals surface area contributed by atoms with Gasteiger partial charge in [-0.05, 0) is 42.2 Å². The minimum absolute atomic E-state index is 0. The molecular formula is C19H26IN3O. The lowest BCUT2D eigenvalue weighted by atomic mass is 10.1. The van der Waals surface area contributed by atoms with Gasteiger partial charge in [-0.15, -0.1) is 24.0 Å². The Hall–Kier alpha value is -1.76. The van der Waals surface area contributed by atoms with Gasteiger partial charge in [-0.25, -0.2) is 4.99 Å². The largest absolute Gasteiger partial charge is 0.508 e.